The first-order valence-electron chi connectivity index (χ1n) is 6.93. The van der Waals surface area contributed by atoms with Gasteiger partial charge in [0.2, 0.25) is 5.95 Å². The van der Waals surface area contributed by atoms with Gasteiger partial charge in [0.25, 0.3) is 0 Å². The molecule has 1 atom stereocenters. The SMILES string of the molecule is c1cn(C2CC2)c(NC2CCN(C3CC3)C2)n1. The van der Waals surface area contributed by atoms with Crippen molar-refractivity contribution in [2.45, 2.75) is 50.2 Å². The summed E-state index contributed by atoms with van der Waals surface area (Å²) in [6.07, 6.45) is 10.8. The van der Waals surface area contributed by atoms with Crippen LogP contribution in [0.3, 0.4) is 0 Å². The Kier molecular flexibility index (Phi) is 2.18. The van der Waals surface area contributed by atoms with Crippen LogP contribution in [-0.2, 0) is 0 Å². The molecule has 1 N–H and O–H groups in total. The van der Waals surface area contributed by atoms with Crippen molar-refractivity contribution in [1.82, 2.24) is 14.5 Å². The molecular weight excluding hydrogens is 212 g/mol. The van der Waals surface area contributed by atoms with Gasteiger partial charge in [0.05, 0.1) is 0 Å². The molecule has 3 fully saturated rings. The fourth-order valence-electron chi connectivity index (χ4n) is 2.93. The highest BCUT2D eigenvalue weighted by Gasteiger charge is 2.35. The van der Waals surface area contributed by atoms with Crippen LogP contribution in [0.15, 0.2) is 12.4 Å². The fraction of sp³-hybridized carbons (Fsp3) is 0.769. The Morgan fingerprint density at radius 3 is 2.71 bits per heavy atom. The molecule has 2 aliphatic carbocycles. The van der Waals surface area contributed by atoms with Gasteiger partial charge in [-0.25, -0.2) is 4.98 Å². The molecule has 4 heteroatoms. The Morgan fingerprint density at radius 1 is 1.12 bits per heavy atom. The lowest BCUT2D eigenvalue weighted by Gasteiger charge is -2.17. The number of hydrogen-bond acceptors (Lipinski definition) is 3. The predicted molar refractivity (Wildman–Crippen MR) is 67.1 cm³/mol. The van der Waals surface area contributed by atoms with E-state index in [2.05, 4.69) is 26.0 Å². The minimum absolute atomic E-state index is 0.607. The molecule has 0 aromatic carbocycles. The lowest BCUT2D eigenvalue weighted by atomic mass is 10.3. The molecule has 1 aromatic heterocycles. The second-order valence-electron chi connectivity index (χ2n) is 5.75. The first-order chi connectivity index (χ1) is 8.40. The number of hydrogen-bond donors (Lipinski definition) is 1. The van der Waals surface area contributed by atoms with E-state index in [1.54, 1.807) is 0 Å². The van der Waals surface area contributed by atoms with Gasteiger partial charge in [-0.3, -0.25) is 4.90 Å². The van der Waals surface area contributed by atoms with E-state index in [0.29, 0.717) is 6.04 Å². The highest BCUT2D eigenvalue weighted by atomic mass is 15.3. The number of imidazole rings is 1. The highest BCUT2D eigenvalue weighted by Crippen LogP contribution is 2.37. The van der Waals surface area contributed by atoms with Crippen molar-refractivity contribution in [1.29, 1.82) is 0 Å². The monoisotopic (exact) mass is 232 g/mol. The zero-order valence-corrected chi connectivity index (χ0v) is 10.2. The number of likely N-dealkylation sites (tertiary alicyclic amines) is 1. The Labute approximate surface area is 102 Å². The van der Waals surface area contributed by atoms with Crippen molar-refractivity contribution in [3.8, 4) is 0 Å². The zero-order valence-electron chi connectivity index (χ0n) is 10.2. The van der Waals surface area contributed by atoms with Crippen molar-refractivity contribution in [2.24, 2.45) is 0 Å². The summed E-state index contributed by atoms with van der Waals surface area (Å²) >= 11 is 0. The van der Waals surface area contributed by atoms with Crippen molar-refractivity contribution in [3.63, 3.8) is 0 Å². The van der Waals surface area contributed by atoms with E-state index in [4.69, 9.17) is 0 Å². The fourth-order valence-corrected chi connectivity index (χ4v) is 2.93. The molecule has 0 radical (unpaired) electrons. The van der Waals surface area contributed by atoms with Crippen LogP contribution in [0.5, 0.6) is 0 Å². The average molecular weight is 232 g/mol. The van der Waals surface area contributed by atoms with E-state index in [-0.39, 0.29) is 0 Å². The smallest absolute Gasteiger partial charge is 0.203 e. The molecule has 1 unspecified atom stereocenters. The predicted octanol–water partition coefficient (Wildman–Crippen LogP) is 1.87. The zero-order chi connectivity index (χ0) is 11.2. The molecule has 1 aromatic rings. The Balaban J connectivity index is 1.41. The van der Waals surface area contributed by atoms with E-state index in [1.807, 2.05) is 6.20 Å². The Hall–Kier alpha value is -1.03. The van der Waals surface area contributed by atoms with Crippen LogP contribution < -0.4 is 5.32 Å². The van der Waals surface area contributed by atoms with Crippen LogP contribution in [0.25, 0.3) is 0 Å². The summed E-state index contributed by atoms with van der Waals surface area (Å²) in [5.74, 6) is 1.09. The van der Waals surface area contributed by atoms with Gasteiger partial charge >= 0.3 is 0 Å². The van der Waals surface area contributed by atoms with Crippen molar-refractivity contribution >= 4 is 5.95 Å². The van der Waals surface area contributed by atoms with E-state index < -0.39 is 0 Å². The first kappa shape index (κ1) is 9.95. The molecule has 1 saturated heterocycles. The summed E-state index contributed by atoms with van der Waals surface area (Å²) in [5, 5.41) is 3.63. The minimum atomic E-state index is 0.607. The van der Waals surface area contributed by atoms with Gasteiger partial charge < -0.3 is 9.88 Å². The van der Waals surface area contributed by atoms with Gasteiger partial charge in [0.1, 0.15) is 0 Å². The van der Waals surface area contributed by atoms with Crippen LogP contribution in [0.1, 0.15) is 38.1 Å². The van der Waals surface area contributed by atoms with Gasteiger partial charge in [-0.05, 0) is 32.1 Å². The summed E-state index contributed by atoms with van der Waals surface area (Å²) in [7, 11) is 0. The topological polar surface area (TPSA) is 33.1 Å². The maximum absolute atomic E-state index is 4.46. The van der Waals surface area contributed by atoms with Crippen LogP contribution >= 0.6 is 0 Å². The van der Waals surface area contributed by atoms with Crippen LogP contribution in [0.2, 0.25) is 0 Å². The van der Waals surface area contributed by atoms with Crippen molar-refractivity contribution < 1.29 is 0 Å². The molecule has 0 spiro atoms. The van der Waals surface area contributed by atoms with Gasteiger partial charge in [-0.15, -0.1) is 0 Å². The average Bonchev–Trinajstić information content (AvgIpc) is 3.27. The molecule has 0 bridgehead atoms. The van der Waals surface area contributed by atoms with Crippen molar-refractivity contribution in [3.05, 3.63) is 12.4 Å². The Morgan fingerprint density at radius 2 is 1.94 bits per heavy atom. The molecule has 17 heavy (non-hydrogen) atoms. The quantitative estimate of drug-likeness (QED) is 0.860. The second-order valence-corrected chi connectivity index (χ2v) is 5.75. The highest BCUT2D eigenvalue weighted by molar-refractivity contribution is 5.30. The van der Waals surface area contributed by atoms with Crippen LogP contribution in [0, 0.1) is 0 Å². The first-order valence-corrected chi connectivity index (χ1v) is 6.93. The summed E-state index contributed by atoms with van der Waals surface area (Å²) in [6.45, 7) is 2.48. The number of rotatable bonds is 4. The molecule has 3 aliphatic rings. The van der Waals surface area contributed by atoms with Gasteiger partial charge in [-0.2, -0.15) is 0 Å². The van der Waals surface area contributed by atoms with Crippen LogP contribution in [-0.4, -0.2) is 39.6 Å². The van der Waals surface area contributed by atoms with Crippen molar-refractivity contribution in [2.75, 3.05) is 18.4 Å². The lowest BCUT2D eigenvalue weighted by Crippen LogP contribution is -2.28. The standard InChI is InChI=1S/C13H20N4/c1-2-11(1)16-7-5-10(9-16)15-13-14-6-8-17(13)12-3-4-12/h6,8,10-12H,1-5,7,9H2,(H,14,15). The number of nitrogens with zero attached hydrogens (tertiary/aromatic N) is 3. The third kappa shape index (κ3) is 1.95. The molecule has 4 rings (SSSR count). The van der Waals surface area contributed by atoms with E-state index >= 15 is 0 Å². The van der Waals surface area contributed by atoms with E-state index in [1.165, 1.54) is 45.2 Å². The van der Waals surface area contributed by atoms with Gasteiger partial charge in [0, 0.05) is 43.6 Å². The van der Waals surface area contributed by atoms with Gasteiger partial charge in [0.15, 0.2) is 0 Å². The molecule has 0 amide bonds. The van der Waals surface area contributed by atoms with E-state index in [0.717, 1.165) is 18.0 Å². The maximum Gasteiger partial charge on any atom is 0.203 e. The molecule has 2 saturated carbocycles. The molecule has 1 aliphatic heterocycles. The molecule has 92 valence electrons. The number of aromatic nitrogens is 2. The third-order valence-electron chi connectivity index (χ3n) is 4.23. The largest absolute Gasteiger partial charge is 0.352 e. The number of anilines is 1. The molecule has 2 heterocycles. The summed E-state index contributed by atoms with van der Waals surface area (Å²) < 4.78 is 2.32. The maximum atomic E-state index is 4.46. The second kappa shape index (κ2) is 3.73. The molecule has 4 nitrogen and oxygen atoms in total. The normalized spacial score (nSPS) is 29.8. The molecular formula is C13H20N4. The Bertz CT molecular complexity index is 405. The summed E-state index contributed by atoms with van der Waals surface area (Å²) in [5.41, 5.74) is 0. The summed E-state index contributed by atoms with van der Waals surface area (Å²) in [4.78, 5) is 7.10. The minimum Gasteiger partial charge on any atom is -0.352 e. The number of nitrogens with one attached hydrogen (secondary N) is 1. The lowest BCUT2D eigenvalue weighted by molar-refractivity contribution is 0.326. The summed E-state index contributed by atoms with van der Waals surface area (Å²) in [6, 6.07) is 2.24. The third-order valence-corrected chi connectivity index (χ3v) is 4.23. The van der Waals surface area contributed by atoms with Crippen LogP contribution in [0.4, 0.5) is 5.95 Å². The van der Waals surface area contributed by atoms with E-state index in [9.17, 15) is 0 Å². The van der Waals surface area contributed by atoms with Gasteiger partial charge in [-0.1, -0.05) is 0 Å².